The van der Waals surface area contributed by atoms with Crippen LogP contribution in [-0.4, -0.2) is 24.1 Å². The van der Waals surface area contributed by atoms with Crippen molar-refractivity contribution in [1.82, 2.24) is 9.97 Å². The lowest BCUT2D eigenvalue weighted by atomic mass is 10.2. The van der Waals surface area contributed by atoms with Crippen molar-refractivity contribution < 1.29 is 0 Å². The molecule has 1 heterocycles. The standard InChI is InChI=1S/C14H17ClN4/c1-10-17-13(16-2)8-14(18-10)19(3)9-11-6-4-5-7-12(11)15/h4-8H,9H2,1-3H3,(H,16,17,18). The molecule has 1 N–H and O–H groups in total. The quantitative estimate of drug-likeness (QED) is 0.932. The maximum Gasteiger partial charge on any atom is 0.134 e. The molecule has 0 saturated heterocycles. The summed E-state index contributed by atoms with van der Waals surface area (Å²) in [4.78, 5) is 10.8. The average Bonchev–Trinajstić information content (AvgIpc) is 2.40. The minimum Gasteiger partial charge on any atom is -0.373 e. The van der Waals surface area contributed by atoms with Crippen LogP contribution in [-0.2, 0) is 6.54 Å². The van der Waals surface area contributed by atoms with E-state index in [9.17, 15) is 0 Å². The summed E-state index contributed by atoms with van der Waals surface area (Å²) in [7, 11) is 3.84. The Hall–Kier alpha value is -1.81. The molecule has 0 atom stereocenters. The molecule has 100 valence electrons. The number of nitrogens with one attached hydrogen (secondary N) is 1. The summed E-state index contributed by atoms with van der Waals surface area (Å²) in [5, 5.41) is 3.81. The van der Waals surface area contributed by atoms with Crippen molar-refractivity contribution in [2.45, 2.75) is 13.5 Å². The first-order valence-corrected chi connectivity index (χ1v) is 6.46. The van der Waals surface area contributed by atoms with E-state index in [-0.39, 0.29) is 0 Å². The van der Waals surface area contributed by atoms with Gasteiger partial charge in [-0.3, -0.25) is 0 Å². The summed E-state index contributed by atoms with van der Waals surface area (Å²) in [5.41, 5.74) is 1.08. The maximum atomic E-state index is 6.17. The van der Waals surface area contributed by atoms with Crippen molar-refractivity contribution in [3.8, 4) is 0 Å². The third-order valence-corrected chi connectivity index (χ3v) is 3.21. The first-order chi connectivity index (χ1) is 9.10. The smallest absolute Gasteiger partial charge is 0.134 e. The molecule has 2 rings (SSSR count). The van der Waals surface area contributed by atoms with Crippen LogP contribution in [0.2, 0.25) is 5.02 Å². The highest BCUT2D eigenvalue weighted by molar-refractivity contribution is 6.31. The van der Waals surface area contributed by atoms with E-state index < -0.39 is 0 Å². The topological polar surface area (TPSA) is 41.0 Å². The van der Waals surface area contributed by atoms with Gasteiger partial charge in [0.25, 0.3) is 0 Å². The lowest BCUT2D eigenvalue weighted by Gasteiger charge is -2.19. The number of hydrogen-bond acceptors (Lipinski definition) is 4. The number of anilines is 2. The molecule has 5 heteroatoms. The molecule has 0 aliphatic heterocycles. The van der Waals surface area contributed by atoms with Crippen molar-refractivity contribution in [2.75, 3.05) is 24.3 Å². The lowest BCUT2D eigenvalue weighted by molar-refractivity contribution is 0.880. The SMILES string of the molecule is CNc1cc(N(C)Cc2ccccc2Cl)nc(C)n1. The predicted octanol–water partition coefficient (Wildman–Crippen LogP) is 3.12. The van der Waals surface area contributed by atoms with Gasteiger partial charge in [0.05, 0.1) is 0 Å². The second-order valence-electron chi connectivity index (χ2n) is 4.36. The number of aryl methyl sites for hydroxylation is 1. The second kappa shape index (κ2) is 5.89. The summed E-state index contributed by atoms with van der Waals surface area (Å²) >= 11 is 6.17. The van der Waals surface area contributed by atoms with Crippen molar-refractivity contribution in [1.29, 1.82) is 0 Å². The van der Waals surface area contributed by atoms with Crippen molar-refractivity contribution in [3.05, 3.63) is 46.7 Å². The van der Waals surface area contributed by atoms with Crippen LogP contribution < -0.4 is 10.2 Å². The van der Waals surface area contributed by atoms with Crippen LogP contribution in [0.1, 0.15) is 11.4 Å². The monoisotopic (exact) mass is 276 g/mol. The zero-order valence-electron chi connectivity index (χ0n) is 11.3. The number of nitrogens with zero attached hydrogens (tertiary/aromatic N) is 3. The fraction of sp³-hybridized carbons (Fsp3) is 0.286. The summed E-state index contributed by atoms with van der Waals surface area (Å²) in [5.74, 6) is 2.43. The normalized spacial score (nSPS) is 10.3. The Morgan fingerprint density at radius 3 is 2.68 bits per heavy atom. The maximum absolute atomic E-state index is 6.17. The molecule has 0 unspecified atom stereocenters. The first-order valence-electron chi connectivity index (χ1n) is 6.08. The van der Waals surface area contributed by atoms with Gasteiger partial charge in [-0.2, -0.15) is 0 Å². The number of hydrogen-bond donors (Lipinski definition) is 1. The van der Waals surface area contributed by atoms with E-state index in [0.717, 1.165) is 28.0 Å². The van der Waals surface area contributed by atoms with E-state index >= 15 is 0 Å². The molecule has 0 aliphatic carbocycles. The van der Waals surface area contributed by atoms with E-state index in [2.05, 4.69) is 20.2 Å². The van der Waals surface area contributed by atoms with Gasteiger partial charge in [0.15, 0.2) is 0 Å². The van der Waals surface area contributed by atoms with Gasteiger partial charge in [-0.25, -0.2) is 9.97 Å². The lowest BCUT2D eigenvalue weighted by Crippen LogP contribution is -2.19. The molecule has 0 aliphatic rings. The van der Waals surface area contributed by atoms with Gasteiger partial charge in [-0.15, -0.1) is 0 Å². The van der Waals surface area contributed by atoms with E-state index in [1.165, 1.54) is 0 Å². The Labute approximate surface area is 118 Å². The molecule has 0 amide bonds. The van der Waals surface area contributed by atoms with Crippen LogP contribution in [0.25, 0.3) is 0 Å². The van der Waals surface area contributed by atoms with Crippen LogP contribution in [0.15, 0.2) is 30.3 Å². The summed E-state index contributed by atoms with van der Waals surface area (Å²) < 4.78 is 0. The van der Waals surface area contributed by atoms with Gasteiger partial charge in [0, 0.05) is 31.7 Å². The minimum atomic E-state index is 0.708. The molecule has 0 bridgehead atoms. The molecular formula is C14H17ClN4. The Bertz CT molecular complexity index is 571. The van der Waals surface area contributed by atoms with E-state index in [4.69, 9.17) is 11.6 Å². The number of halogens is 1. The Balaban J connectivity index is 2.22. The zero-order valence-corrected chi connectivity index (χ0v) is 12.1. The molecule has 1 aromatic heterocycles. The second-order valence-corrected chi connectivity index (χ2v) is 4.76. The van der Waals surface area contributed by atoms with Crippen LogP contribution in [0, 0.1) is 6.92 Å². The molecule has 0 fully saturated rings. The number of rotatable bonds is 4. The fourth-order valence-electron chi connectivity index (χ4n) is 1.84. The van der Waals surface area contributed by atoms with Gasteiger partial charge < -0.3 is 10.2 Å². The Kier molecular flexibility index (Phi) is 4.22. The summed E-state index contributed by atoms with van der Waals surface area (Å²) in [6.45, 7) is 2.59. The molecule has 4 nitrogen and oxygen atoms in total. The van der Waals surface area contributed by atoms with Crippen LogP contribution >= 0.6 is 11.6 Å². The van der Waals surface area contributed by atoms with Gasteiger partial charge in [0.2, 0.25) is 0 Å². The van der Waals surface area contributed by atoms with Gasteiger partial charge >= 0.3 is 0 Å². The minimum absolute atomic E-state index is 0.708. The molecular weight excluding hydrogens is 260 g/mol. The van der Waals surface area contributed by atoms with Gasteiger partial charge in [0.1, 0.15) is 17.5 Å². The predicted molar refractivity (Wildman–Crippen MR) is 79.9 cm³/mol. The summed E-state index contributed by atoms with van der Waals surface area (Å²) in [6.07, 6.45) is 0. The first kappa shape index (κ1) is 13.6. The average molecular weight is 277 g/mol. The zero-order chi connectivity index (χ0) is 13.8. The third-order valence-electron chi connectivity index (χ3n) is 2.84. The van der Waals surface area contributed by atoms with Crippen molar-refractivity contribution in [2.24, 2.45) is 0 Å². The fourth-order valence-corrected chi connectivity index (χ4v) is 2.03. The molecule has 0 saturated carbocycles. The molecule has 1 aromatic carbocycles. The van der Waals surface area contributed by atoms with E-state index in [1.54, 1.807) is 0 Å². The Morgan fingerprint density at radius 2 is 2.00 bits per heavy atom. The highest BCUT2D eigenvalue weighted by atomic mass is 35.5. The van der Waals surface area contributed by atoms with Crippen LogP contribution in [0.5, 0.6) is 0 Å². The van der Waals surface area contributed by atoms with Crippen LogP contribution in [0.3, 0.4) is 0 Å². The van der Waals surface area contributed by atoms with Crippen molar-refractivity contribution in [3.63, 3.8) is 0 Å². The molecule has 19 heavy (non-hydrogen) atoms. The van der Waals surface area contributed by atoms with Gasteiger partial charge in [-0.1, -0.05) is 29.8 Å². The van der Waals surface area contributed by atoms with Gasteiger partial charge in [-0.05, 0) is 18.6 Å². The number of benzene rings is 1. The highest BCUT2D eigenvalue weighted by Gasteiger charge is 2.08. The Morgan fingerprint density at radius 1 is 1.26 bits per heavy atom. The largest absolute Gasteiger partial charge is 0.373 e. The van der Waals surface area contributed by atoms with E-state index in [0.29, 0.717) is 6.54 Å². The molecule has 2 aromatic rings. The molecule has 0 spiro atoms. The van der Waals surface area contributed by atoms with Crippen LogP contribution in [0.4, 0.5) is 11.6 Å². The highest BCUT2D eigenvalue weighted by Crippen LogP contribution is 2.20. The van der Waals surface area contributed by atoms with E-state index in [1.807, 2.05) is 51.4 Å². The summed E-state index contributed by atoms with van der Waals surface area (Å²) in [6, 6.07) is 9.75. The third kappa shape index (κ3) is 3.35. The molecule has 0 radical (unpaired) electrons. The van der Waals surface area contributed by atoms with Crippen molar-refractivity contribution >= 4 is 23.2 Å². The number of aromatic nitrogens is 2.